The van der Waals surface area contributed by atoms with Crippen LogP contribution in [0.1, 0.15) is 17.7 Å². The van der Waals surface area contributed by atoms with Crippen molar-refractivity contribution in [2.45, 2.75) is 24.2 Å². The van der Waals surface area contributed by atoms with E-state index in [1.54, 1.807) is 36.0 Å². The van der Waals surface area contributed by atoms with Crippen LogP contribution in [0.25, 0.3) is 11.4 Å². The second-order valence-electron chi connectivity index (χ2n) is 6.87. The summed E-state index contributed by atoms with van der Waals surface area (Å²) >= 11 is 1.70. The zero-order valence-corrected chi connectivity index (χ0v) is 17.1. The Kier molecular flexibility index (Phi) is 5.85. The fourth-order valence-corrected chi connectivity index (χ4v) is 4.31. The molecule has 8 heteroatoms. The predicted octanol–water partition coefficient (Wildman–Crippen LogP) is 4.70. The number of rotatable bonds is 6. The normalized spacial score (nSPS) is 12.9. The molecule has 0 spiro atoms. The first kappa shape index (κ1) is 20.2. The second-order valence-corrected chi connectivity index (χ2v) is 7.97. The van der Waals surface area contributed by atoms with E-state index in [-0.39, 0.29) is 12.2 Å². The van der Waals surface area contributed by atoms with Gasteiger partial charge in [-0.1, -0.05) is 12.1 Å². The van der Waals surface area contributed by atoms with Gasteiger partial charge in [0.1, 0.15) is 5.82 Å². The highest BCUT2D eigenvalue weighted by molar-refractivity contribution is 7.99. The molecule has 6 nitrogen and oxygen atoms in total. The largest absolute Gasteiger partial charge is 0.494 e. The van der Waals surface area contributed by atoms with Crippen molar-refractivity contribution in [2.24, 2.45) is 0 Å². The molecule has 0 fully saturated rings. The molecule has 0 bridgehead atoms. The number of hydrogen-bond donors (Lipinski definition) is 2. The average molecular weight is 425 g/mol. The number of methoxy groups -OCH3 is 1. The first-order chi connectivity index (χ1) is 14.5. The number of anilines is 2. The van der Waals surface area contributed by atoms with Crippen molar-refractivity contribution in [1.29, 1.82) is 0 Å². The van der Waals surface area contributed by atoms with Crippen LogP contribution in [-0.2, 0) is 17.6 Å². The van der Waals surface area contributed by atoms with Gasteiger partial charge in [-0.2, -0.15) is 0 Å². The minimum atomic E-state index is -0.867. The molecular weight excluding hydrogens is 405 g/mol. The van der Waals surface area contributed by atoms with E-state index < -0.39 is 11.8 Å². The third kappa shape index (κ3) is 4.38. The van der Waals surface area contributed by atoms with Crippen molar-refractivity contribution in [3.8, 4) is 17.1 Å². The van der Waals surface area contributed by atoms with Gasteiger partial charge in [0.05, 0.1) is 24.1 Å². The maximum absolute atomic E-state index is 14.2. The van der Waals surface area contributed by atoms with E-state index >= 15 is 0 Å². The van der Waals surface area contributed by atoms with E-state index in [4.69, 9.17) is 9.84 Å². The highest BCUT2D eigenvalue weighted by atomic mass is 32.2. The standard InChI is InChI=1S/C22H20FN3O3S/c1-29-18-9-6-14(12-16(18)23)21-25-17-3-2-10-30-20(17)22(26-21)24-15-7-4-13(5-8-15)11-19(27)28/h4-9,12H,2-3,10-11H2,1H3,(H,27,28)(H,24,25,26). The van der Waals surface area contributed by atoms with Crippen LogP contribution < -0.4 is 10.1 Å². The van der Waals surface area contributed by atoms with Gasteiger partial charge in [-0.15, -0.1) is 11.8 Å². The number of nitrogens with zero attached hydrogens (tertiary/aromatic N) is 2. The van der Waals surface area contributed by atoms with Gasteiger partial charge in [0.2, 0.25) is 0 Å². The monoisotopic (exact) mass is 425 g/mol. The van der Waals surface area contributed by atoms with Gasteiger partial charge >= 0.3 is 5.97 Å². The maximum Gasteiger partial charge on any atom is 0.307 e. The summed E-state index contributed by atoms with van der Waals surface area (Å²) in [6, 6.07) is 11.9. The van der Waals surface area contributed by atoms with E-state index in [9.17, 15) is 9.18 Å². The molecule has 2 N–H and O–H groups in total. The third-order valence-corrected chi connectivity index (χ3v) is 5.93. The van der Waals surface area contributed by atoms with Crippen LogP contribution in [0.2, 0.25) is 0 Å². The summed E-state index contributed by atoms with van der Waals surface area (Å²) in [5.74, 6) is 0.943. The van der Waals surface area contributed by atoms with Crippen molar-refractivity contribution in [3.63, 3.8) is 0 Å². The number of fused-ring (bicyclic) bond motifs is 1. The summed E-state index contributed by atoms with van der Waals surface area (Å²) in [4.78, 5) is 21.2. The number of carboxylic acid groups (broad SMARTS) is 1. The zero-order chi connectivity index (χ0) is 21.1. The summed E-state index contributed by atoms with van der Waals surface area (Å²) in [6.07, 6.45) is 1.84. The van der Waals surface area contributed by atoms with Crippen LogP contribution in [0.3, 0.4) is 0 Å². The molecule has 0 unspecified atom stereocenters. The minimum absolute atomic E-state index is 0.0216. The van der Waals surface area contributed by atoms with E-state index in [1.165, 1.54) is 13.2 Å². The molecule has 1 aliphatic rings. The lowest BCUT2D eigenvalue weighted by Crippen LogP contribution is -2.09. The van der Waals surface area contributed by atoms with E-state index in [0.29, 0.717) is 17.2 Å². The zero-order valence-electron chi connectivity index (χ0n) is 16.3. The van der Waals surface area contributed by atoms with E-state index in [2.05, 4.69) is 15.3 Å². The Balaban J connectivity index is 1.69. The lowest BCUT2D eigenvalue weighted by atomic mass is 10.1. The van der Waals surface area contributed by atoms with Gasteiger partial charge in [0.25, 0.3) is 0 Å². The van der Waals surface area contributed by atoms with Crippen LogP contribution >= 0.6 is 11.8 Å². The Hall–Kier alpha value is -3.13. The molecule has 30 heavy (non-hydrogen) atoms. The lowest BCUT2D eigenvalue weighted by molar-refractivity contribution is -0.136. The highest BCUT2D eigenvalue weighted by Gasteiger charge is 2.20. The van der Waals surface area contributed by atoms with Gasteiger partial charge in [-0.25, -0.2) is 14.4 Å². The highest BCUT2D eigenvalue weighted by Crippen LogP contribution is 2.37. The van der Waals surface area contributed by atoms with Gasteiger partial charge in [-0.05, 0) is 54.5 Å². The Morgan fingerprint density at radius 1 is 1.23 bits per heavy atom. The Bertz CT molecular complexity index is 1090. The summed E-state index contributed by atoms with van der Waals surface area (Å²) in [6.45, 7) is 0. The summed E-state index contributed by atoms with van der Waals surface area (Å²) < 4.78 is 19.2. The molecular formula is C22H20FN3O3S. The molecule has 154 valence electrons. The molecule has 1 aromatic heterocycles. The number of nitrogens with one attached hydrogen (secondary N) is 1. The number of carboxylic acids is 1. The van der Waals surface area contributed by atoms with Gasteiger partial charge in [0, 0.05) is 11.3 Å². The molecule has 0 aliphatic carbocycles. The maximum atomic E-state index is 14.2. The Morgan fingerprint density at radius 2 is 2.03 bits per heavy atom. The number of halogens is 1. The Morgan fingerprint density at radius 3 is 2.73 bits per heavy atom. The number of aromatic nitrogens is 2. The molecule has 0 atom stereocenters. The van der Waals surface area contributed by atoms with E-state index in [0.717, 1.165) is 40.4 Å². The van der Waals surface area contributed by atoms with Crippen LogP contribution in [0.5, 0.6) is 5.75 Å². The number of aryl methyl sites for hydroxylation is 1. The second kappa shape index (κ2) is 8.71. The first-order valence-corrected chi connectivity index (χ1v) is 10.5. The quantitative estimate of drug-likeness (QED) is 0.592. The fraction of sp³-hybridized carbons (Fsp3) is 0.227. The number of benzene rings is 2. The molecule has 1 aliphatic heterocycles. The lowest BCUT2D eigenvalue weighted by Gasteiger charge is -2.19. The number of hydrogen-bond acceptors (Lipinski definition) is 6. The van der Waals surface area contributed by atoms with Gasteiger partial charge < -0.3 is 15.2 Å². The van der Waals surface area contributed by atoms with Crippen LogP contribution in [0, 0.1) is 5.82 Å². The van der Waals surface area contributed by atoms with Crippen molar-refractivity contribution in [1.82, 2.24) is 9.97 Å². The smallest absolute Gasteiger partial charge is 0.307 e. The van der Waals surface area contributed by atoms with Crippen molar-refractivity contribution < 1.29 is 19.0 Å². The molecule has 0 amide bonds. The van der Waals surface area contributed by atoms with Gasteiger partial charge in [0.15, 0.2) is 17.4 Å². The molecule has 3 aromatic rings. The SMILES string of the molecule is COc1ccc(-c2nc3c(c(Nc4ccc(CC(=O)O)cc4)n2)SCCC3)cc1F. The molecule has 2 heterocycles. The number of ether oxygens (including phenoxy) is 1. The van der Waals surface area contributed by atoms with Crippen LogP contribution in [0.15, 0.2) is 47.4 Å². The molecule has 2 aromatic carbocycles. The van der Waals surface area contributed by atoms with E-state index in [1.807, 2.05) is 12.1 Å². The third-order valence-electron chi connectivity index (χ3n) is 4.72. The van der Waals surface area contributed by atoms with Crippen molar-refractivity contribution in [2.75, 3.05) is 18.2 Å². The number of carbonyl (C=O) groups is 1. The van der Waals surface area contributed by atoms with Crippen molar-refractivity contribution in [3.05, 3.63) is 59.5 Å². The summed E-state index contributed by atoms with van der Waals surface area (Å²) in [5.41, 5.74) is 3.04. The Labute approximate surface area is 177 Å². The molecule has 0 saturated carbocycles. The van der Waals surface area contributed by atoms with Gasteiger partial charge in [-0.3, -0.25) is 4.79 Å². The predicted molar refractivity (Wildman–Crippen MR) is 114 cm³/mol. The summed E-state index contributed by atoms with van der Waals surface area (Å²) in [7, 11) is 1.43. The first-order valence-electron chi connectivity index (χ1n) is 9.49. The number of thioether (sulfide) groups is 1. The fourth-order valence-electron chi connectivity index (χ4n) is 3.27. The summed E-state index contributed by atoms with van der Waals surface area (Å²) in [5, 5.41) is 12.2. The van der Waals surface area contributed by atoms with Crippen LogP contribution in [-0.4, -0.2) is 33.9 Å². The molecule has 4 rings (SSSR count). The van der Waals surface area contributed by atoms with Crippen LogP contribution in [0.4, 0.5) is 15.9 Å². The number of aliphatic carboxylic acids is 1. The minimum Gasteiger partial charge on any atom is -0.494 e. The topological polar surface area (TPSA) is 84.3 Å². The molecule has 0 saturated heterocycles. The molecule has 0 radical (unpaired) electrons. The average Bonchev–Trinajstić information content (AvgIpc) is 2.74. The van der Waals surface area contributed by atoms with Crippen molar-refractivity contribution >= 4 is 29.2 Å².